The summed E-state index contributed by atoms with van der Waals surface area (Å²) in [5, 5.41) is 0. The van der Waals surface area contributed by atoms with Crippen molar-refractivity contribution in [3.05, 3.63) is 54.1 Å². The summed E-state index contributed by atoms with van der Waals surface area (Å²) in [5.74, 6) is 0.546. The molecular weight excluding hydrogens is 352 g/mol. The highest BCUT2D eigenvalue weighted by Crippen LogP contribution is 2.32. The summed E-state index contributed by atoms with van der Waals surface area (Å²) < 4.78 is 30.6. The maximum atomic E-state index is 12.7. The molecule has 2 aromatic carbocycles. The van der Waals surface area contributed by atoms with E-state index in [1.165, 1.54) is 0 Å². The van der Waals surface area contributed by atoms with E-state index in [9.17, 15) is 13.2 Å². The van der Waals surface area contributed by atoms with E-state index >= 15 is 0 Å². The van der Waals surface area contributed by atoms with Crippen molar-refractivity contribution in [2.24, 2.45) is 0 Å². The topological polar surface area (TPSA) is 75.7 Å². The van der Waals surface area contributed by atoms with Gasteiger partial charge in [-0.25, -0.2) is 8.42 Å². The van der Waals surface area contributed by atoms with Crippen LogP contribution in [-0.4, -0.2) is 33.2 Å². The van der Waals surface area contributed by atoms with Gasteiger partial charge in [0.1, 0.15) is 5.75 Å². The van der Waals surface area contributed by atoms with Gasteiger partial charge >= 0.3 is 0 Å². The molecule has 1 amide bonds. The van der Waals surface area contributed by atoms with E-state index in [2.05, 4.69) is 4.72 Å². The van der Waals surface area contributed by atoms with Crippen LogP contribution in [0.3, 0.4) is 0 Å². The number of carbonyl (C=O) groups excluding carboxylic acids is 1. The molecule has 3 rings (SSSR count). The Hall–Kier alpha value is -2.54. The number of ether oxygens (including phenoxy) is 1. The van der Waals surface area contributed by atoms with Gasteiger partial charge in [-0.05, 0) is 56.2 Å². The number of sulfonamides is 1. The van der Waals surface area contributed by atoms with Gasteiger partial charge in [-0.15, -0.1) is 0 Å². The van der Waals surface area contributed by atoms with Crippen molar-refractivity contribution < 1.29 is 17.9 Å². The van der Waals surface area contributed by atoms with Gasteiger partial charge in [0.15, 0.2) is 6.61 Å². The van der Waals surface area contributed by atoms with Crippen molar-refractivity contribution in [1.82, 2.24) is 0 Å². The minimum Gasteiger partial charge on any atom is -0.484 e. The minimum absolute atomic E-state index is 0.0388. The van der Waals surface area contributed by atoms with E-state index < -0.39 is 10.0 Å². The largest absolute Gasteiger partial charge is 0.484 e. The summed E-state index contributed by atoms with van der Waals surface area (Å²) >= 11 is 0. The maximum absolute atomic E-state index is 12.7. The predicted octanol–water partition coefficient (Wildman–Crippen LogP) is 2.94. The van der Waals surface area contributed by atoms with Gasteiger partial charge in [-0.2, -0.15) is 0 Å². The maximum Gasteiger partial charge on any atom is 0.265 e. The fraction of sp³-hybridized carbons (Fsp3) is 0.316. The van der Waals surface area contributed by atoms with Crippen LogP contribution in [-0.2, 0) is 14.8 Å². The van der Waals surface area contributed by atoms with Crippen molar-refractivity contribution in [2.75, 3.05) is 22.5 Å². The van der Waals surface area contributed by atoms with E-state index in [1.54, 1.807) is 29.2 Å². The zero-order valence-corrected chi connectivity index (χ0v) is 15.6. The van der Waals surface area contributed by atoms with Crippen LogP contribution in [0.4, 0.5) is 11.4 Å². The number of hydrogen-bond acceptors (Lipinski definition) is 4. The molecule has 7 heteroatoms. The number of rotatable bonds is 7. The fourth-order valence-corrected chi connectivity index (χ4v) is 3.21. The molecule has 1 saturated carbocycles. The second-order valence-corrected chi connectivity index (χ2v) is 8.27. The molecule has 1 aliphatic rings. The lowest BCUT2D eigenvalue weighted by atomic mass is 10.2. The van der Waals surface area contributed by atoms with E-state index in [0.717, 1.165) is 30.3 Å². The third-order valence-electron chi connectivity index (χ3n) is 4.01. The minimum atomic E-state index is -3.32. The molecule has 0 bridgehead atoms. The Morgan fingerprint density at radius 3 is 2.27 bits per heavy atom. The van der Waals surface area contributed by atoms with E-state index in [4.69, 9.17) is 4.74 Å². The van der Waals surface area contributed by atoms with Crippen molar-refractivity contribution >= 4 is 27.3 Å². The first-order chi connectivity index (χ1) is 12.3. The third kappa shape index (κ3) is 4.98. The molecule has 0 radical (unpaired) electrons. The fourth-order valence-electron chi connectivity index (χ4n) is 2.64. The van der Waals surface area contributed by atoms with Gasteiger partial charge in [0.2, 0.25) is 10.0 Å². The summed E-state index contributed by atoms with van der Waals surface area (Å²) in [7, 11) is -3.32. The highest BCUT2D eigenvalue weighted by atomic mass is 32.2. The van der Waals surface area contributed by atoms with Crippen LogP contribution < -0.4 is 14.4 Å². The van der Waals surface area contributed by atoms with E-state index in [1.807, 2.05) is 31.2 Å². The monoisotopic (exact) mass is 374 g/mol. The summed E-state index contributed by atoms with van der Waals surface area (Å²) in [6.45, 7) is 1.95. The van der Waals surface area contributed by atoms with Crippen LogP contribution in [0.25, 0.3) is 0 Å². The lowest BCUT2D eigenvalue weighted by Crippen LogP contribution is -2.36. The Bertz CT molecular complexity index is 873. The lowest BCUT2D eigenvalue weighted by Gasteiger charge is -2.23. The van der Waals surface area contributed by atoms with Crippen LogP contribution in [0.15, 0.2) is 48.5 Å². The quantitative estimate of drug-likeness (QED) is 0.808. The van der Waals surface area contributed by atoms with Crippen LogP contribution >= 0.6 is 0 Å². The van der Waals surface area contributed by atoms with Gasteiger partial charge in [0, 0.05) is 17.4 Å². The van der Waals surface area contributed by atoms with Gasteiger partial charge in [0.05, 0.1) is 6.26 Å². The van der Waals surface area contributed by atoms with Crippen LogP contribution in [0.1, 0.15) is 18.4 Å². The molecule has 1 N–H and O–H groups in total. The zero-order chi connectivity index (χ0) is 18.7. The summed E-state index contributed by atoms with van der Waals surface area (Å²) in [6, 6.07) is 14.5. The second-order valence-electron chi connectivity index (χ2n) is 6.52. The highest BCUT2D eigenvalue weighted by Gasteiger charge is 2.33. The SMILES string of the molecule is Cc1ccc(OCC(=O)N(c2ccc(NS(C)(=O)=O)cc2)C2CC2)cc1. The first-order valence-corrected chi connectivity index (χ1v) is 10.3. The number of benzene rings is 2. The van der Waals surface area contributed by atoms with Gasteiger partial charge in [0.25, 0.3) is 5.91 Å². The number of anilines is 2. The number of carbonyl (C=O) groups is 1. The average Bonchev–Trinajstić information content (AvgIpc) is 3.40. The Balaban J connectivity index is 1.68. The molecule has 0 saturated heterocycles. The van der Waals surface area contributed by atoms with Crippen LogP contribution in [0.2, 0.25) is 0 Å². The average molecular weight is 374 g/mol. The predicted molar refractivity (Wildman–Crippen MR) is 102 cm³/mol. The standard InChI is InChI=1S/C19H22N2O4S/c1-14-3-11-18(12-4-14)25-13-19(22)21(17-9-10-17)16-7-5-15(6-8-16)20-26(2,23)24/h3-8,11-12,17,20H,9-10,13H2,1-2H3. The Morgan fingerprint density at radius 2 is 1.73 bits per heavy atom. The molecule has 6 nitrogen and oxygen atoms in total. The van der Waals surface area contributed by atoms with Gasteiger partial charge < -0.3 is 9.64 Å². The number of amides is 1. The number of aryl methyl sites for hydroxylation is 1. The molecule has 1 aliphatic carbocycles. The molecule has 0 unspecified atom stereocenters. The molecule has 0 spiro atoms. The number of nitrogens with zero attached hydrogens (tertiary/aromatic N) is 1. The Morgan fingerprint density at radius 1 is 1.12 bits per heavy atom. The van der Waals surface area contributed by atoms with Crippen molar-refractivity contribution in [3.8, 4) is 5.75 Å². The summed E-state index contributed by atoms with van der Waals surface area (Å²) in [6.07, 6.45) is 3.02. The van der Waals surface area contributed by atoms with Crippen molar-refractivity contribution in [3.63, 3.8) is 0 Å². The molecule has 0 aromatic heterocycles. The summed E-state index contributed by atoms with van der Waals surface area (Å²) in [5.41, 5.74) is 2.34. The van der Waals surface area contributed by atoms with Crippen molar-refractivity contribution in [1.29, 1.82) is 0 Å². The molecule has 138 valence electrons. The van der Waals surface area contributed by atoms with E-state index in [0.29, 0.717) is 11.4 Å². The van der Waals surface area contributed by atoms with Crippen LogP contribution in [0, 0.1) is 6.92 Å². The molecule has 26 heavy (non-hydrogen) atoms. The summed E-state index contributed by atoms with van der Waals surface area (Å²) in [4.78, 5) is 14.4. The normalized spacial score (nSPS) is 13.9. The molecule has 2 aromatic rings. The zero-order valence-electron chi connectivity index (χ0n) is 14.8. The molecule has 0 aliphatic heterocycles. The lowest BCUT2D eigenvalue weighted by molar-refractivity contribution is -0.120. The Labute approximate surface area is 153 Å². The first-order valence-electron chi connectivity index (χ1n) is 8.41. The van der Waals surface area contributed by atoms with Crippen molar-refractivity contribution in [2.45, 2.75) is 25.8 Å². The van der Waals surface area contributed by atoms with Gasteiger partial charge in [-0.3, -0.25) is 9.52 Å². The molecule has 1 fully saturated rings. The smallest absolute Gasteiger partial charge is 0.265 e. The first kappa shape index (κ1) is 18.3. The number of hydrogen-bond donors (Lipinski definition) is 1. The third-order valence-corrected chi connectivity index (χ3v) is 4.62. The molecule has 0 atom stereocenters. The molecule has 0 heterocycles. The number of nitrogens with one attached hydrogen (secondary N) is 1. The van der Waals surface area contributed by atoms with Crippen LogP contribution in [0.5, 0.6) is 5.75 Å². The second kappa shape index (κ2) is 7.37. The highest BCUT2D eigenvalue weighted by molar-refractivity contribution is 7.92. The molecular formula is C19H22N2O4S. The Kier molecular flexibility index (Phi) is 5.18. The van der Waals surface area contributed by atoms with E-state index in [-0.39, 0.29) is 18.6 Å². The van der Waals surface area contributed by atoms with Gasteiger partial charge in [-0.1, -0.05) is 17.7 Å².